The standard InChI is InChI=1S/C4H8N3O2/c1-3-2-4(6-7-5)9-8-3/h3-5H,2H2,1H3/q+1. The molecule has 1 rings (SSSR count). The van der Waals surface area contributed by atoms with Gasteiger partial charge in [0.25, 0.3) is 6.23 Å². The Kier molecular flexibility index (Phi) is 1.89. The zero-order valence-corrected chi connectivity index (χ0v) is 5.07. The van der Waals surface area contributed by atoms with Gasteiger partial charge in [-0.25, -0.2) is 9.78 Å². The summed E-state index contributed by atoms with van der Waals surface area (Å²) in [6.45, 7) is 1.87. The zero-order chi connectivity index (χ0) is 6.69. The molecule has 1 fully saturated rings. The van der Waals surface area contributed by atoms with E-state index >= 15 is 0 Å². The Bertz CT molecular complexity index is 143. The van der Waals surface area contributed by atoms with Crippen molar-refractivity contribution >= 4 is 0 Å². The van der Waals surface area contributed by atoms with Crippen molar-refractivity contribution in [2.45, 2.75) is 25.7 Å². The van der Waals surface area contributed by atoms with Crippen molar-refractivity contribution in [2.75, 3.05) is 0 Å². The second-order valence-corrected chi connectivity index (χ2v) is 1.91. The Morgan fingerprint density at radius 2 is 2.44 bits per heavy atom. The van der Waals surface area contributed by atoms with E-state index in [1.165, 1.54) is 0 Å². The number of nitrogens with zero attached hydrogens (tertiary/aromatic N) is 2. The molecule has 1 N–H and O–H groups in total. The molecule has 0 radical (unpaired) electrons. The van der Waals surface area contributed by atoms with Gasteiger partial charge in [0.05, 0.1) is 6.10 Å². The third-order valence-corrected chi connectivity index (χ3v) is 1.05. The van der Waals surface area contributed by atoms with E-state index in [1.54, 1.807) is 0 Å². The summed E-state index contributed by atoms with van der Waals surface area (Å²) in [5, 5.41) is 3.42. The molecule has 0 aromatic heterocycles. The monoisotopic (exact) mass is 130 g/mol. The summed E-state index contributed by atoms with van der Waals surface area (Å²) in [5.41, 5.74) is 6.36. The van der Waals surface area contributed by atoms with Gasteiger partial charge in [-0.15, -0.1) is 0 Å². The lowest BCUT2D eigenvalue weighted by molar-refractivity contribution is -0.293. The third kappa shape index (κ3) is 1.57. The van der Waals surface area contributed by atoms with Crippen molar-refractivity contribution in [1.82, 2.24) is 4.91 Å². The van der Waals surface area contributed by atoms with Crippen molar-refractivity contribution in [3.8, 4) is 0 Å². The molecule has 1 aliphatic rings. The van der Waals surface area contributed by atoms with Crippen LogP contribution in [0.1, 0.15) is 13.3 Å². The van der Waals surface area contributed by atoms with Crippen LogP contribution in [0.2, 0.25) is 0 Å². The van der Waals surface area contributed by atoms with Gasteiger partial charge >= 0.3 is 0 Å². The minimum absolute atomic E-state index is 0.0699. The van der Waals surface area contributed by atoms with Crippen LogP contribution in [0.3, 0.4) is 0 Å². The quantitative estimate of drug-likeness (QED) is 0.321. The fraction of sp³-hybridized carbons (Fsp3) is 1.00. The third-order valence-electron chi connectivity index (χ3n) is 1.05. The highest BCUT2D eigenvalue weighted by molar-refractivity contribution is 4.59. The lowest BCUT2D eigenvalue weighted by atomic mass is 10.3. The molecular weight excluding hydrogens is 122 g/mol. The molecule has 2 atom stereocenters. The Labute approximate surface area is 52.1 Å². The fourth-order valence-electron chi connectivity index (χ4n) is 0.652. The number of nitrogens with one attached hydrogen (secondary N) is 1. The molecule has 0 spiro atoms. The van der Waals surface area contributed by atoms with Gasteiger partial charge in [-0.1, -0.05) is 0 Å². The van der Waals surface area contributed by atoms with E-state index < -0.39 is 0 Å². The first-order valence-electron chi connectivity index (χ1n) is 2.71. The largest absolute Gasteiger partial charge is 0.267 e. The van der Waals surface area contributed by atoms with Gasteiger partial charge in [-0.3, -0.25) is 0 Å². The molecule has 9 heavy (non-hydrogen) atoms. The molecule has 5 nitrogen and oxygen atoms in total. The maximum atomic E-state index is 6.36. The molecule has 0 amide bonds. The first kappa shape index (κ1) is 6.35. The molecule has 1 saturated heterocycles. The molecule has 0 bridgehead atoms. The number of hydrogen-bond acceptors (Lipinski definition) is 4. The van der Waals surface area contributed by atoms with Gasteiger partial charge in [-0.2, -0.15) is 0 Å². The first-order chi connectivity index (χ1) is 4.33. The average molecular weight is 130 g/mol. The minimum atomic E-state index is -0.363. The predicted octanol–water partition coefficient (Wildman–Crippen LogP) is 0.603. The van der Waals surface area contributed by atoms with Crippen molar-refractivity contribution < 1.29 is 9.78 Å². The summed E-state index contributed by atoms with van der Waals surface area (Å²) < 4.78 is 0. The number of hydrogen-bond donors (Lipinski definition) is 1. The molecule has 0 aromatic carbocycles. The van der Waals surface area contributed by atoms with Crippen LogP contribution in [0.4, 0.5) is 0 Å². The van der Waals surface area contributed by atoms with Crippen molar-refractivity contribution in [2.24, 2.45) is 5.11 Å². The van der Waals surface area contributed by atoms with Crippen LogP contribution in [0.15, 0.2) is 5.11 Å². The van der Waals surface area contributed by atoms with Crippen LogP contribution in [0.25, 0.3) is 0 Å². The SMILES string of the molecule is CC1CC(N=[N+]=N)OO1. The summed E-state index contributed by atoms with van der Waals surface area (Å²) >= 11 is 0. The van der Waals surface area contributed by atoms with Crippen molar-refractivity contribution in [3.63, 3.8) is 0 Å². The van der Waals surface area contributed by atoms with Gasteiger partial charge in [0.2, 0.25) is 4.91 Å². The Morgan fingerprint density at radius 1 is 1.67 bits per heavy atom. The molecule has 1 aliphatic heterocycles. The van der Waals surface area contributed by atoms with Gasteiger partial charge in [-0.05, 0) is 6.92 Å². The molecule has 1 heterocycles. The van der Waals surface area contributed by atoms with Gasteiger partial charge in [0, 0.05) is 6.42 Å². The topological polar surface area (TPSA) is 68.8 Å². The highest BCUT2D eigenvalue weighted by Gasteiger charge is 2.27. The van der Waals surface area contributed by atoms with Crippen LogP contribution in [0.5, 0.6) is 0 Å². The molecule has 0 aliphatic carbocycles. The minimum Gasteiger partial charge on any atom is -0.231 e. The first-order valence-corrected chi connectivity index (χ1v) is 2.71. The summed E-state index contributed by atoms with van der Waals surface area (Å²) in [5.74, 6) is 0. The van der Waals surface area contributed by atoms with Crippen molar-refractivity contribution in [1.29, 1.82) is 5.53 Å². The Morgan fingerprint density at radius 3 is 2.89 bits per heavy atom. The zero-order valence-electron chi connectivity index (χ0n) is 5.07. The molecule has 50 valence electrons. The summed E-state index contributed by atoms with van der Waals surface area (Å²) in [4.78, 5) is 12.1. The summed E-state index contributed by atoms with van der Waals surface area (Å²) in [6, 6.07) is 0. The smallest absolute Gasteiger partial charge is 0.231 e. The lowest BCUT2D eigenvalue weighted by Crippen LogP contribution is -2.00. The Hall–Kier alpha value is -0.770. The molecular formula is C4H8N3O2+. The average Bonchev–Trinajstić information content (AvgIpc) is 2.17. The molecule has 0 saturated carbocycles. The summed E-state index contributed by atoms with van der Waals surface area (Å²) in [6.07, 6.45) is 0.389. The number of rotatable bonds is 1. The van der Waals surface area contributed by atoms with E-state index in [0.29, 0.717) is 6.42 Å². The van der Waals surface area contributed by atoms with E-state index in [4.69, 9.17) is 5.53 Å². The summed E-state index contributed by atoms with van der Waals surface area (Å²) in [7, 11) is 0. The lowest BCUT2D eigenvalue weighted by Gasteiger charge is -1.90. The second-order valence-electron chi connectivity index (χ2n) is 1.91. The fourth-order valence-corrected chi connectivity index (χ4v) is 0.652. The Balaban J connectivity index is 2.38. The molecule has 2 unspecified atom stereocenters. The van der Waals surface area contributed by atoms with E-state index in [9.17, 15) is 0 Å². The van der Waals surface area contributed by atoms with Gasteiger partial charge < -0.3 is 0 Å². The maximum absolute atomic E-state index is 6.36. The van der Waals surface area contributed by atoms with E-state index in [0.717, 1.165) is 0 Å². The van der Waals surface area contributed by atoms with E-state index in [-0.39, 0.29) is 12.3 Å². The van der Waals surface area contributed by atoms with Crippen LogP contribution in [0, 0.1) is 5.53 Å². The predicted molar refractivity (Wildman–Crippen MR) is 27.3 cm³/mol. The molecule has 5 heteroatoms. The van der Waals surface area contributed by atoms with Crippen LogP contribution in [-0.4, -0.2) is 12.3 Å². The second kappa shape index (κ2) is 2.68. The molecule has 0 aromatic rings. The van der Waals surface area contributed by atoms with E-state index in [1.807, 2.05) is 6.92 Å². The van der Waals surface area contributed by atoms with Crippen LogP contribution >= 0.6 is 0 Å². The van der Waals surface area contributed by atoms with Gasteiger partial charge in [0.15, 0.2) is 5.11 Å². The normalized spacial score (nSPS) is 33.9. The van der Waals surface area contributed by atoms with E-state index in [2.05, 4.69) is 19.8 Å². The maximum Gasteiger partial charge on any atom is 0.267 e. The van der Waals surface area contributed by atoms with Crippen LogP contribution in [-0.2, 0) is 9.78 Å². The highest BCUT2D eigenvalue weighted by atomic mass is 17.2. The van der Waals surface area contributed by atoms with Crippen molar-refractivity contribution in [3.05, 3.63) is 0 Å². The van der Waals surface area contributed by atoms with Crippen LogP contribution < -0.4 is 4.91 Å². The highest BCUT2D eigenvalue weighted by Crippen LogP contribution is 2.15. The van der Waals surface area contributed by atoms with Gasteiger partial charge in [0.1, 0.15) is 5.53 Å².